The summed E-state index contributed by atoms with van der Waals surface area (Å²) in [6.45, 7) is 1.78. The number of para-hydroxylation sites is 1. The van der Waals surface area contributed by atoms with Gasteiger partial charge in [0.2, 0.25) is 0 Å². The first-order chi connectivity index (χ1) is 9.61. The zero-order valence-electron chi connectivity index (χ0n) is 10.9. The van der Waals surface area contributed by atoms with E-state index >= 15 is 0 Å². The van der Waals surface area contributed by atoms with Crippen LogP contribution in [0.3, 0.4) is 0 Å². The van der Waals surface area contributed by atoms with E-state index in [0.29, 0.717) is 23.5 Å². The molecule has 0 N–H and O–H groups in total. The third-order valence-electron chi connectivity index (χ3n) is 2.78. The normalized spacial score (nSPS) is 10.1. The Morgan fingerprint density at radius 2 is 1.80 bits per heavy atom. The van der Waals surface area contributed by atoms with Crippen molar-refractivity contribution >= 4 is 11.5 Å². The van der Waals surface area contributed by atoms with Gasteiger partial charge in [0.15, 0.2) is 5.78 Å². The van der Waals surface area contributed by atoms with Crippen LogP contribution in [-0.4, -0.2) is 10.7 Å². The number of hydrogen-bond acceptors (Lipinski definition) is 4. The van der Waals surface area contributed by atoms with Gasteiger partial charge >= 0.3 is 0 Å². The van der Waals surface area contributed by atoms with Gasteiger partial charge in [-0.25, -0.2) is 0 Å². The number of ether oxygens (including phenoxy) is 1. The second kappa shape index (κ2) is 5.97. The van der Waals surface area contributed by atoms with Crippen molar-refractivity contribution in [1.82, 2.24) is 0 Å². The average molecular weight is 271 g/mol. The summed E-state index contributed by atoms with van der Waals surface area (Å²) >= 11 is 0. The minimum Gasteiger partial charge on any atom is -0.457 e. The van der Waals surface area contributed by atoms with Crippen LogP contribution in [0, 0.1) is 10.1 Å². The molecular formula is C15H13NO4. The molecule has 0 aliphatic heterocycles. The molecule has 0 aliphatic carbocycles. The fourth-order valence-electron chi connectivity index (χ4n) is 1.74. The Hall–Kier alpha value is -2.69. The van der Waals surface area contributed by atoms with E-state index in [1.807, 2.05) is 0 Å². The van der Waals surface area contributed by atoms with Gasteiger partial charge in [0, 0.05) is 18.6 Å². The Kier molecular flexibility index (Phi) is 4.10. The lowest BCUT2D eigenvalue weighted by molar-refractivity contribution is -0.384. The molecule has 0 unspecified atom stereocenters. The number of nitrogens with zero attached hydrogens (tertiary/aromatic N) is 1. The van der Waals surface area contributed by atoms with Crippen LogP contribution in [0.25, 0.3) is 0 Å². The van der Waals surface area contributed by atoms with E-state index in [4.69, 9.17) is 4.74 Å². The number of carbonyl (C=O) groups excluding carboxylic acids is 1. The first-order valence-corrected chi connectivity index (χ1v) is 6.16. The highest BCUT2D eigenvalue weighted by molar-refractivity contribution is 5.98. The molecule has 0 aromatic heterocycles. The standard InChI is InChI=1S/C15H13NO4/c1-2-14(17)13-5-3-4-6-15(13)20-12-9-7-11(8-10-12)16(18)19/h3-10H,2H2,1H3. The van der Waals surface area contributed by atoms with E-state index in [2.05, 4.69) is 0 Å². The molecule has 2 aromatic rings. The van der Waals surface area contributed by atoms with Crippen molar-refractivity contribution in [2.75, 3.05) is 0 Å². The van der Waals surface area contributed by atoms with Gasteiger partial charge in [-0.3, -0.25) is 14.9 Å². The summed E-state index contributed by atoms with van der Waals surface area (Å²) in [6.07, 6.45) is 0.390. The van der Waals surface area contributed by atoms with Gasteiger partial charge in [0.25, 0.3) is 5.69 Å². The molecule has 0 bridgehead atoms. The Morgan fingerprint density at radius 1 is 1.15 bits per heavy atom. The molecule has 0 amide bonds. The maximum absolute atomic E-state index is 11.8. The topological polar surface area (TPSA) is 69.4 Å². The molecule has 0 spiro atoms. The monoisotopic (exact) mass is 271 g/mol. The zero-order chi connectivity index (χ0) is 14.5. The second-order valence-corrected chi connectivity index (χ2v) is 4.13. The number of nitro groups is 1. The molecule has 5 nitrogen and oxygen atoms in total. The minimum atomic E-state index is -0.474. The molecule has 20 heavy (non-hydrogen) atoms. The lowest BCUT2D eigenvalue weighted by atomic mass is 10.1. The number of benzene rings is 2. The van der Waals surface area contributed by atoms with Crippen molar-refractivity contribution in [3.8, 4) is 11.5 Å². The third kappa shape index (κ3) is 3.00. The predicted octanol–water partition coefficient (Wildman–Crippen LogP) is 3.98. The number of ketones is 1. The maximum Gasteiger partial charge on any atom is 0.269 e. The van der Waals surface area contributed by atoms with E-state index in [-0.39, 0.29) is 11.5 Å². The zero-order valence-corrected chi connectivity index (χ0v) is 10.9. The van der Waals surface area contributed by atoms with Crippen LogP contribution in [-0.2, 0) is 0 Å². The molecule has 0 radical (unpaired) electrons. The summed E-state index contributed by atoms with van der Waals surface area (Å²) in [4.78, 5) is 21.9. The van der Waals surface area contributed by atoms with E-state index in [0.717, 1.165) is 0 Å². The third-order valence-corrected chi connectivity index (χ3v) is 2.78. The molecule has 2 rings (SSSR count). The minimum absolute atomic E-state index is 0.00438. The summed E-state index contributed by atoms with van der Waals surface area (Å²) in [5.41, 5.74) is 0.503. The molecular weight excluding hydrogens is 258 g/mol. The van der Waals surface area contributed by atoms with Crippen LogP contribution in [0.5, 0.6) is 11.5 Å². The first-order valence-electron chi connectivity index (χ1n) is 6.16. The van der Waals surface area contributed by atoms with Gasteiger partial charge < -0.3 is 4.74 Å². The lowest BCUT2D eigenvalue weighted by Crippen LogP contribution is -1.99. The molecule has 0 heterocycles. The molecule has 0 fully saturated rings. The van der Waals surface area contributed by atoms with Crippen molar-refractivity contribution < 1.29 is 14.5 Å². The van der Waals surface area contributed by atoms with Gasteiger partial charge in [-0.15, -0.1) is 0 Å². The summed E-state index contributed by atoms with van der Waals surface area (Å²) in [5, 5.41) is 10.6. The predicted molar refractivity (Wildman–Crippen MR) is 74.2 cm³/mol. The SMILES string of the molecule is CCC(=O)c1ccccc1Oc1ccc([N+](=O)[O-])cc1. The van der Waals surface area contributed by atoms with Crippen molar-refractivity contribution in [1.29, 1.82) is 0 Å². The van der Waals surface area contributed by atoms with Gasteiger partial charge in [-0.1, -0.05) is 19.1 Å². The van der Waals surface area contributed by atoms with Crippen molar-refractivity contribution in [2.45, 2.75) is 13.3 Å². The van der Waals surface area contributed by atoms with Crippen LogP contribution in [0.4, 0.5) is 5.69 Å². The lowest BCUT2D eigenvalue weighted by Gasteiger charge is -2.09. The van der Waals surface area contributed by atoms with Crippen molar-refractivity contribution in [3.05, 3.63) is 64.2 Å². The fraction of sp³-hybridized carbons (Fsp3) is 0.133. The number of nitro benzene ring substituents is 1. The summed E-state index contributed by atoms with van der Waals surface area (Å²) in [6, 6.07) is 12.7. The highest BCUT2D eigenvalue weighted by Gasteiger charge is 2.11. The van der Waals surface area contributed by atoms with Crippen molar-refractivity contribution in [2.24, 2.45) is 0 Å². The van der Waals surface area contributed by atoms with Crippen molar-refractivity contribution in [3.63, 3.8) is 0 Å². The molecule has 0 saturated carbocycles. The second-order valence-electron chi connectivity index (χ2n) is 4.13. The summed E-state index contributed by atoms with van der Waals surface area (Å²) in [5.74, 6) is 0.891. The first kappa shape index (κ1) is 13.7. The van der Waals surface area contributed by atoms with Gasteiger partial charge in [-0.2, -0.15) is 0 Å². The average Bonchev–Trinajstić information content (AvgIpc) is 2.47. The fourth-order valence-corrected chi connectivity index (χ4v) is 1.74. The number of Topliss-reactive ketones (excluding diaryl/α,β-unsaturated/α-hetero) is 1. The largest absolute Gasteiger partial charge is 0.457 e. The highest BCUT2D eigenvalue weighted by Crippen LogP contribution is 2.27. The molecule has 5 heteroatoms. The number of rotatable bonds is 5. The quantitative estimate of drug-likeness (QED) is 0.468. The van der Waals surface area contributed by atoms with Crippen LogP contribution >= 0.6 is 0 Å². The Bertz CT molecular complexity index is 635. The number of carbonyl (C=O) groups is 1. The molecule has 0 saturated heterocycles. The summed E-state index contributed by atoms with van der Waals surface area (Å²) in [7, 11) is 0. The Labute approximate surface area is 116 Å². The molecule has 0 aliphatic rings. The Balaban J connectivity index is 2.26. The van der Waals surface area contributed by atoms with Gasteiger partial charge in [-0.05, 0) is 24.3 Å². The van der Waals surface area contributed by atoms with Gasteiger partial charge in [0.05, 0.1) is 10.5 Å². The van der Waals surface area contributed by atoms with E-state index in [9.17, 15) is 14.9 Å². The van der Waals surface area contributed by atoms with E-state index < -0.39 is 4.92 Å². The van der Waals surface area contributed by atoms with Crippen LogP contribution in [0.2, 0.25) is 0 Å². The molecule has 2 aromatic carbocycles. The van der Waals surface area contributed by atoms with Crippen LogP contribution in [0.1, 0.15) is 23.7 Å². The van der Waals surface area contributed by atoms with Crippen LogP contribution < -0.4 is 4.74 Å². The van der Waals surface area contributed by atoms with E-state index in [1.54, 1.807) is 31.2 Å². The maximum atomic E-state index is 11.8. The number of non-ortho nitro benzene ring substituents is 1. The smallest absolute Gasteiger partial charge is 0.269 e. The molecule has 102 valence electrons. The Morgan fingerprint density at radius 3 is 2.40 bits per heavy atom. The number of hydrogen-bond donors (Lipinski definition) is 0. The van der Waals surface area contributed by atoms with Gasteiger partial charge in [0.1, 0.15) is 11.5 Å². The van der Waals surface area contributed by atoms with E-state index in [1.165, 1.54) is 24.3 Å². The summed E-state index contributed by atoms with van der Waals surface area (Å²) < 4.78 is 5.62. The highest BCUT2D eigenvalue weighted by atomic mass is 16.6. The van der Waals surface area contributed by atoms with Crippen LogP contribution in [0.15, 0.2) is 48.5 Å². The molecule has 0 atom stereocenters.